The number of hydrogen-bond donors (Lipinski definition) is 0. The standard InChI is InChI=1S/C13H18O5/c1-3-5-12(14)18-11(8-13(15)17-4-2)10-6-7-16-9-10/h6-7,9,11H,3-5,8H2,1-2H3/t11-/m1/s1. The minimum Gasteiger partial charge on any atom is -0.472 e. The Labute approximate surface area is 106 Å². The molecule has 1 heterocycles. The van der Waals surface area contributed by atoms with Gasteiger partial charge in [0.25, 0.3) is 0 Å². The van der Waals surface area contributed by atoms with Crippen LogP contribution in [-0.2, 0) is 19.1 Å². The number of carbonyl (C=O) groups is 2. The van der Waals surface area contributed by atoms with Gasteiger partial charge < -0.3 is 13.9 Å². The summed E-state index contributed by atoms with van der Waals surface area (Å²) in [7, 11) is 0. The van der Waals surface area contributed by atoms with Gasteiger partial charge >= 0.3 is 11.9 Å². The second-order valence-electron chi connectivity index (χ2n) is 3.79. The number of rotatable bonds is 7. The predicted octanol–water partition coefficient (Wildman–Crippen LogP) is 2.62. The molecule has 100 valence electrons. The van der Waals surface area contributed by atoms with Crippen molar-refractivity contribution in [2.75, 3.05) is 6.61 Å². The molecule has 0 radical (unpaired) electrons. The molecule has 0 aliphatic carbocycles. The first-order valence-electron chi connectivity index (χ1n) is 6.04. The molecule has 0 fully saturated rings. The molecule has 1 aromatic heterocycles. The topological polar surface area (TPSA) is 65.7 Å². The van der Waals surface area contributed by atoms with E-state index in [0.29, 0.717) is 25.0 Å². The number of hydrogen-bond acceptors (Lipinski definition) is 5. The molecule has 5 nitrogen and oxygen atoms in total. The molecule has 0 aliphatic heterocycles. The molecule has 0 unspecified atom stereocenters. The van der Waals surface area contributed by atoms with Crippen LogP contribution in [0.5, 0.6) is 0 Å². The van der Waals surface area contributed by atoms with Gasteiger partial charge in [0.2, 0.25) is 0 Å². The molecule has 0 aliphatic rings. The van der Waals surface area contributed by atoms with Gasteiger partial charge in [0, 0.05) is 12.0 Å². The lowest BCUT2D eigenvalue weighted by atomic mass is 10.1. The zero-order chi connectivity index (χ0) is 13.4. The SMILES string of the molecule is CCCC(=O)O[C@H](CC(=O)OCC)c1ccoc1. The quantitative estimate of drug-likeness (QED) is 0.700. The minimum atomic E-state index is -0.637. The van der Waals surface area contributed by atoms with Gasteiger partial charge in [-0.1, -0.05) is 6.92 Å². The Bertz CT molecular complexity index is 349. The van der Waals surface area contributed by atoms with E-state index >= 15 is 0 Å². The lowest BCUT2D eigenvalue weighted by Crippen LogP contribution is -2.16. The highest BCUT2D eigenvalue weighted by atomic mass is 16.6. The lowest BCUT2D eigenvalue weighted by Gasteiger charge is -2.15. The first kappa shape index (κ1) is 14.3. The van der Waals surface area contributed by atoms with Crippen LogP contribution in [-0.4, -0.2) is 18.5 Å². The van der Waals surface area contributed by atoms with Crippen molar-refractivity contribution in [2.45, 2.75) is 39.2 Å². The molecule has 0 saturated heterocycles. The van der Waals surface area contributed by atoms with Crippen LogP contribution in [0.3, 0.4) is 0 Å². The van der Waals surface area contributed by atoms with Crippen molar-refractivity contribution < 1.29 is 23.5 Å². The Kier molecular flexibility index (Phi) is 5.97. The molecule has 1 aromatic rings. The van der Waals surface area contributed by atoms with Crippen LogP contribution in [0.4, 0.5) is 0 Å². The van der Waals surface area contributed by atoms with Crippen LogP contribution < -0.4 is 0 Å². The maximum Gasteiger partial charge on any atom is 0.309 e. The molecule has 1 atom stereocenters. The normalized spacial score (nSPS) is 11.9. The van der Waals surface area contributed by atoms with Gasteiger partial charge in [0.1, 0.15) is 6.10 Å². The highest BCUT2D eigenvalue weighted by Gasteiger charge is 2.21. The van der Waals surface area contributed by atoms with E-state index in [0.717, 1.165) is 0 Å². The second-order valence-corrected chi connectivity index (χ2v) is 3.79. The van der Waals surface area contributed by atoms with E-state index in [4.69, 9.17) is 13.9 Å². The number of ether oxygens (including phenoxy) is 2. The summed E-state index contributed by atoms with van der Waals surface area (Å²) in [5, 5.41) is 0. The van der Waals surface area contributed by atoms with E-state index in [2.05, 4.69) is 0 Å². The fourth-order valence-corrected chi connectivity index (χ4v) is 1.48. The van der Waals surface area contributed by atoms with Crippen molar-refractivity contribution in [1.29, 1.82) is 0 Å². The van der Waals surface area contributed by atoms with Crippen molar-refractivity contribution in [1.82, 2.24) is 0 Å². The summed E-state index contributed by atoms with van der Waals surface area (Å²) >= 11 is 0. The van der Waals surface area contributed by atoms with Crippen LogP contribution >= 0.6 is 0 Å². The van der Waals surface area contributed by atoms with E-state index in [1.54, 1.807) is 13.0 Å². The summed E-state index contributed by atoms with van der Waals surface area (Å²) in [6.07, 6.45) is 3.34. The van der Waals surface area contributed by atoms with Crippen LogP contribution in [0.1, 0.15) is 44.8 Å². The average Bonchev–Trinajstić information content (AvgIpc) is 2.82. The average molecular weight is 254 g/mol. The molecule has 0 saturated carbocycles. The van der Waals surface area contributed by atoms with Crippen molar-refractivity contribution in [3.8, 4) is 0 Å². The van der Waals surface area contributed by atoms with E-state index in [-0.39, 0.29) is 12.4 Å². The molecule has 0 N–H and O–H groups in total. The van der Waals surface area contributed by atoms with Crippen LogP contribution in [0.15, 0.2) is 23.0 Å². The Balaban J connectivity index is 2.64. The molecular weight excluding hydrogens is 236 g/mol. The third-order valence-corrected chi connectivity index (χ3v) is 2.30. The molecule has 1 rings (SSSR count). The van der Waals surface area contributed by atoms with Crippen molar-refractivity contribution >= 4 is 11.9 Å². The Morgan fingerprint density at radius 2 is 2.11 bits per heavy atom. The Morgan fingerprint density at radius 3 is 2.67 bits per heavy atom. The Morgan fingerprint density at radius 1 is 1.33 bits per heavy atom. The smallest absolute Gasteiger partial charge is 0.309 e. The fraction of sp³-hybridized carbons (Fsp3) is 0.538. The minimum absolute atomic E-state index is 0.00281. The van der Waals surface area contributed by atoms with Gasteiger partial charge in [-0.15, -0.1) is 0 Å². The van der Waals surface area contributed by atoms with Gasteiger partial charge in [0.05, 0.1) is 25.6 Å². The second kappa shape index (κ2) is 7.53. The van der Waals surface area contributed by atoms with Gasteiger partial charge in [0.15, 0.2) is 0 Å². The van der Waals surface area contributed by atoms with Crippen LogP contribution in [0.25, 0.3) is 0 Å². The third kappa shape index (κ3) is 4.61. The van der Waals surface area contributed by atoms with Crippen molar-refractivity contribution in [2.24, 2.45) is 0 Å². The van der Waals surface area contributed by atoms with E-state index in [1.165, 1.54) is 12.5 Å². The lowest BCUT2D eigenvalue weighted by molar-refractivity contribution is -0.155. The van der Waals surface area contributed by atoms with Crippen molar-refractivity contribution in [3.63, 3.8) is 0 Å². The van der Waals surface area contributed by atoms with E-state index in [9.17, 15) is 9.59 Å². The van der Waals surface area contributed by atoms with Gasteiger partial charge in [-0.2, -0.15) is 0 Å². The molecule has 0 aromatic carbocycles. The molecular formula is C13H18O5. The van der Waals surface area contributed by atoms with Crippen LogP contribution in [0, 0.1) is 0 Å². The van der Waals surface area contributed by atoms with E-state index < -0.39 is 12.1 Å². The maximum absolute atomic E-state index is 11.5. The fourth-order valence-electron chi connectivity index (χ4n) is 1.48. The highest BCUT2D eigenvalue weighted by Crippen LogP contribution is 2.23. The zero-order valence-electron chi connectivity index (χ0n) is 10.7. The largest absolute Gasteiger partial charge is 0.472 e. The van der Waals surface area contributed by atoms with Gasteiger partial charge in [-0.3, -0.25) is 9.59 Å². The maximum atomic E-state index is 11.5. The Hall–Kier alpha value is -1.78. The summed E-state index contributed by atoms with van der Waals surface area (Å²) in [4.78, 5) is 22.9. The van der Waals surface area contributed by atoms with E-state index in [1.807, 2.05) is 6.92 Å². The zero-order valence-corrected chi connectivity index (χ0v) is 10.7. The molecule has 0 spiro atoms. The molecule has 5 heteroatoms. The summed E-state index contributed by atoms with van der Waals surface area (Å²) < 4.78 is 15.0. The summed E-state index contributed by atoms with van der Waals surface area (Å²) in [6.45, 7) is 3.92. The molecule has 0 bridgehead atoms. The monoisotopic (exact) mass is 254 g/mol. The third-order valence-electron chi connectivity index (χ3n) is 2.30. The van der Waals surface area contributed by atoms with Crippen LogP contribution in [0.2, 0.25) is 0 Å². The first-order chi connectivity index (χ1) is 8.67. The number of esters is 2. The number of furan rings is 1. The van der Waals surface area contributed by atoms with Gasteiger partial charge in [-0.05, 0) is 19.4 Å². The van der Waals surface area contributed by atoms with Crippen molar-refractivity contribution in [3.05, 3.63) is 24.2 Å². The summed E-state index contributed by atoms with van der Waals surface area (Å²) in [5.41, 5.74) is 0.660. The van der Waals surface area contributed by atoms with Gasteiger partial charge in [-0.25, -0.2) is 0 Å². The predicted molar refractivity (Wildman–Crippen MR) is 63.7 cm³/mol. The molecule has 0 amide bonds. The first-order valence-corrected chi connectivity index (χ1v) is 6.04. The number of carbonyl (C=O) groups excluding carboxylic acids is 2. The summed E-state index contributed by atoms with van der Waals surface area (Å²) in [6, 6.07) is 1.67. The highest BCUT2D eigenvalue weighted by molar-refractivity contribution is 5.72. The summed E-state index contributed by atoms with van der Waals surface area (Å²) in [5.74, 6) is -0.721. The molecule has 18 heavy (non-hydrogen) atoms.